The summed E-state index contributed by atoms with van der Waals surface area (Å²) in [5.74, 6) is 1.23. The van der Waals surface area contributed by atoms with Crippen molar-refractivity contribution in [3.63, 3.8) is 0 Å². The molecule has 31 heavy (non-hydrogen) atoms. The van der Waals surface area contributed by atoms with E-state index in [4.69, 9.17) is 4.74 Å². The molecule has 1 aromatic heterocycles. The van der Waals surface area contributed by atoms with Gasteiger partial charge in [0.1, 0.15) is 11.6 Å². The van der Waals surface area contributed by atoms with Crippen molar-refractivity contribution < 1.29 is 14.3 Å². The topological polar surface area (TPSA) is 109 Å². The zero-order chi connectivity index (χ0) is 22.6. The van der Waals surface area contributed by atoms with Gasteiger partial charge >= 0.3 is 6.03 Å². The first-order valence-electron chi connectivity index (χ1n) is 10.5. The minimum atomic E-state index is -0.529. The average Bonchev–Trinajstić information content (AvgIpc) is 3.16. The van der Waals surface area contributed by atoms with Crippen molar-refractivity contribution in [2.45, 2.75) is 64.8 Å². The highest BCUT2D eigenvalue weighted by Gasteiger charge is 2.30. The van der Waals surface area contributed by atoms with Crippen LogP contribution >= 0.6 is 0 Å². The number of nitrogens with zero attached hydrogens (tertiary/aromatic N) is 2. The largest absolute Gasteiger partial charge is 0.497 e. The third-order valence-electron chi connectivity index (χ3n) is 5.22. The molecule has 9 heteroatoms. The smallest absolute Gasteiger partial charge is 0.320 e. The molecule has 0 spiro atoms. The van der Waals surface area contributed by atoms with Crippen molar-refractivity contribution in [3.05, 3.63) is 41.6 Å². The van der Waals surface area contributed by atoms with Crippen molar-refractivity contribution in [1.29, 1.82) is 0 Å². The molecule has 2 unspecified atom stereocenters. The summed E-state index contributed by atoms with van der Waals surface area (Å²) >= 11 is 0. The maximum atomic E-state index is 12.6. The van der Waals surface area contributed by atoms with Gasteiger partial charge in [-0.05, 0) is 24.1 Å². The van der Waals surface area contributed by atoms with Crippen molar-refractivity contribution in [1.82, 2.24) is 25.7 Å². The predicted molar refractivity (Wildman–Crippen MR) is 119 cm³/mol. The molecule has 0 saturated carbocycles. The number of rotatable bonds is 6. The average molecular weight is 429 g/mol. The molecular formula is C22H32N6O3. The minimum absolute atomic E-state index is 0.0432. The van der Waals surface area contributed by atoms with E-state index in [2.05, 4.69) is 47.1 Å². The monoisotopic (exact) mass is 428 g/mol. The molecule has 3 rings (SSSR count). The van der Waals surface area contributed by atoms with Crippen LogP contribution in [0.25, 0.3) is 0 Å². The van der Waals surface area contributed by atoms with E-state index in [1.165, 1.54) is 0 Å². The zero-order valence-corrected chi connectivity index (χ0v) is 18.8. The number of carbonyl (C=O) groups excluding carboxylic acids is 2. The lowest BCUT2D eigenvalue weighted by atomic mass is 9.92. The van der Waals surface area contributed by atoms with E-state index in [0.717, 1.165) is 23.4 Å². The number of anilines is 1. The number of methoxy groups -OCH3 is 1. The van der Waals surface area contributed by atoms with Crippen molar-refractivity contribution in [3.8, 4) is 5.75 Å². The molecule has 1 saturated heterocycles. The normalized spacial score (nSPS) is 18.9. The third-order valence-corrected chi connectivity index (χ3v) is 5.22. The van der Waals surface area contributed by atoms with Gasteiger partial charge in [-0.2, -0.15) is 5.10 Å². The van der Waals surface area contributed by atoms with E-state index in [1.54, 1.807) is 11.8 Å². The van der Waals surface area contributed by atoms with Gasteiger partial charge in [-0.25, -0.2) is 9.48 Å². The summed E-state index contributed by atoms with van der Waals surface area (Å²) in [4.78, 5) is 24.7. The Morgan fingerprint density at radius 1 is 1.29 bits per heavy atom. The molecule has 0 bridgehead atoms. The van der Waals surface area contributed by atoms with E-state index in [1.807, 2.05) is 37.3 Å². The van der Waals surface area contributed by atoms with Crippen LogP contribution in [0, 0.1) is 0 Å². The summed E-state index contributed by atoms with van der Waals surface area (Å²) in [6, 6.07) is 9.03. The summed E-state index contributed by atoms with van der Waals surface area (Å²) < 4.78 is 6.78. The van der Waals surface area contributed by atoms with E-state index in [-0.39, 0.29) is 23.4 Å². The molecule has 0 aliphatic carbocycles. The van der Waals surface area contributed by atoms with Gasteiger partial charge in [0.05, 0.1) is 12.8 Å². The van der Waals surface area contributed by atoms with Gasteiger partial charge in [0.25, 0.3) is 0 Å². The van der Waals surface area contributed by atoms with E-state index >= 15 is 0 Å². The van der Waals surface area contributed by atoms with Crippen LogP contribution in [0.2, 0.25) is 0 Å². The second-order valence-electron chi connectivity index (χ2n) is 8.71. The maximum absolute atomic E-state index is 12.6. The first kappa shape index (κ1) is 22.6. The van der Waals surface area contributed by atoms with Crippen LogP contribution in [0.3, 0.4) is 0 Å². The number of ether oxygens (including phenoxy) is 1. The lowest BCUT2D eigenvalue weighted by Gasteiger charge is -2.32. The van der Waals surface area contributed by atoms with Gasteiger partial charge < -0.3 is 15.4 Å². The minimum Gasteiger partial charge on any atom is -0.497 e. The van der Waals surface area contributed by atoms with Gasteiger partial charge in [0.15, 0.2) is 6.29 Å². The number of benzene rings is 1. The van der Waals surface area contributed by atoms with E-state index in [9.17, 15) is 9.59 Å². The Bertz CT molecular complexity index is 916. The number of aromatic nitrogens is 2. The third kappa shape index (κ3) is 5.75. The summed E-state index contributed by atoms with van der Waals surface area (Å²) in [6.07, 6.45) is 0.715. The highest BCUT2D eigenvalue weighted by molar-refractivity contribution is 5.88. The molecule has 0 radical (unpaired) electrons. The molecule has 2 aromatic rings. The Morgan fingerprint density at radius 3 is 2.61 bits per heavy atom. The van der Waals surface area contributed by atoms with Crippen molar-refractivity contribution in [2.24, 2.45) is 0 Å². The molecule has 9 nitrogen and oxygen atoms in total. The molecule has 1 aliphatic heterocycles. The van der Waals surface area contributed by atoms with Gasteiger partial charge in [-0.3, -0.25) is 15.4 Å². The number of hydrogen-bond donors (Lipinski definition) is 4. The van der Waals surface area contributed by atoms with Crippen LogP contribution in [-0.4, -0.2) is 34.9 Å². The molecule has 2 heterocycles. The first-order valence-corrected chi connectivity index (χ1v) is 10.5. The standard InChI is InChI=1S/C22H32N6O3/c1-6-15-11-19(29)26-20(24-15)28-18(12-17(27-28)22(2,3)4)25-21(30)23-13-14-7-9-16(31-5)10-8-14/h7-10,12,15,20,24H,6,11,13H2,1-5H3,(H,26,29)(H2,23,25,30). The fraction of sp³-hybridized carbons (Fsp3) is 0.500. The molecule has 4 N–H and O–H groups in total. The quantitative estimate of drug-likeness (QED) is 0.566. The van der Waals surface area contributed by atoms with Gasteiger partial charge in [0, 0.05) is 30.5 Å². The van der Waals surface area contributed by atoms with Crippen LogP contribution in [0.15, 0.2) is 30.3 Å². The van der Waals surface area contributed by atoms with Gasteiger partial charge in [-0.1, -0.05) is 39.8 Å². The predicted octanol–water partition coefficient (Wildman–Crippen LogP) is 2.86. The van der Waals surface area contributed by atoms with Crippen molar-refractivity contribution >= 4 is 17.8 Å². The number of hydrogen-bond acceptors (Lipinski definition) is 5. The fourth-order valence-electron chi connectivity index (χ4n) is 3.29. The number of amides is 3. The highest BCUT2D eigenvalue weighted by Crippen LogP contribution is 2.26. The lowest BCUT2D eigenvalue weighted by molar-refractivity contribution is -0.125. The lowest BCUT2D eigenvalue weighted by Crippen LogP contribution is -2.53. The Morgan fingerprint density at radius 2 is 2.00 bits per heavy atom. The summed E-state index contributed by atoms with van der Waals surface area (Å²) in [6.45, 7) is 8.55. The first-order chi connectivity index (χ1) is 14.7. The Hall–Kier alpha value is -3.07. The van der Waals surface area contributed by atoms with Crippen LogP contribution in [0.5, 0.6) is 5.75 Å². The number of urea groups is 1. The van der Waals surface area contributed by atoms with Crippen LogP contribution in [0.4, 0.5) is 10.6 Å². The molecule has 2 atom stereocenters. The molecule has 1 aromatic carbocycles. The fourth-order valence-corrected chi connectivity index (χ4v) is 3.29. The summed E-state index contributed by atoms with van der Waals surface area (Å²) in [5.41, 5.74) is 1.55. The van der Waals surface area contributed by atoms with Crippen molar-refractivity contribution in [2.75, 3.05) is 12.4 Å². The Labute approximate surface area is 182 Å². The molecule has 3 amide bonds. The molecule has 168 valence electrons. The van der Waals surface area contributed by atoms with Crippen LogP contribution in [0.1, 0.15) is 58.1 Å². The van der Waals surface area contributed by atoms with Crippen LogP contribution < -0.4 is 26.0 Å². The van der Waals surface area contributed by atoms with E-state index in [0.29, 0.717) is 18.8 Å². The molecule has 1 fully saturated rings. The second-order valence-corrected chi connectivity index (χ2v) is 8.71. The Kier molecular flexibility index (Phi) is 6.84. The zero-order valence-electron chi connectivity index (χ0n) is 18.8. The second kappa shape index (κ2) is 9.38. The Balaban J connectivity index is 1.74. The maximum Gasteiger partial charge on any atom is 0.320 e. The van der Waals surface area contributed by atoms with Gasteiger partial charge in [-0.15, -0.1) is 0 Å². The molecule has 1 aliphatic rings. The highest BCUT2D eigenvalue weighted by atomic mass is 16.5. The van der Waals surface area contributed by atoms with Gasteiger partial charge in [0.2, 0.25) is 5.91 Å². The summed E-state index contributed by atoms with van der Waals surface area (Å²) in [7, 11) is 1.61. The summed E-state index contributed by atoms with van der Waals surface area (Å²) in [5, 5.41) is 16.7. The van der Waals surface area contributed by atoms with E-state index < -0.39 is 6.29 Å². The number of carbonyl (C=O) groups is 2. The van der Waals surface area contributed by atoms with Crippen LogP contribution in [-0.2, 0) is 16.8 Å². The SMILES string of the molecule is CCC1CC(=O)NC(n2nc(C(C)(C)C)cc2NC(=O)NCc2ccc(OC)cc2)N1. The molecular weight excluding hydrogens is 396 g/mol. The number of nitrogens with one attached hydrogen (secondary N) is 4.